The van der Waals surface area contributed by atoms with E-state index in [9.17, 15) is 4.79 Å². The number of carbonyl (C=O) groups is 1. The maximum atomic E-state index is 12.8. The molecule has 1 aromatic carbocycles. The first-order valence-electron chi connectivity index (χ1n) is 10.00. The molecule has 4 rings (SSSR count). The lowest BCUT2D eigenvalue weighted by Gasteiger charge is -2.33. The molecule has 7 nitrogen and oxygen atoms in total. The minimum absolute atomic E-state index is 0.0191. The number of pyridine rings is 1. The van der Waals surface area contributed by atoms with Gasteiger partial charge in [0, 0.05) is 50.5 Å². The number of hydrogen-bond donors (Lipinski definition) is 3. The Morgan fingerprint density at radius 3 is 2.62 bits per heavy atom. The molecule has 2 aliphatic heterocycles. The van der Waals surface area contributed by atoms with Crippen LogP contribution in [0.5, 0.6) is 0 Å². The average molecular weight is 415 g/mol. The van der Waals surface area contributed by atoms with E-state index in [0.29, 0.717) is 18.1 Å². The van der Waals surface area contributed by atoms with E-state index < -0.39 is 0 Å². The smallest absolute Gasteiger partial charge is 0.226 e. The van der Waals surface area contributed by atoms with E-state index >= 15 is 0 Å². The summed E-state index contributed by atoms with van der Waals surface area (Å²) in [6.45, 7) is 5.15. The number of amides is 1. The molecular formula is C21H27ClN6O. The van der Waals surface area contributed by atoms with E-state index in [1.54, 1.807) is 0 Å². The molecule has 2 aliphatic rings. The number of halogens is 1. The molecule has 3 heterocycles. The number of nitrogens with one attached hydrogen (secondary N) is 3. The molecule has 1 aromatic heterocycles. The number of nitrogens with zero attached hydrogens (tertiary/aromatic N) is 3. The third-order valence-corrected chi connectivity index (χ3v) is 5.90. The molecule has 0 radical (unpaired) electrons. The van der Waals surface area contributed by atoms with Crippen molar-refractivity contribution in [3.05, 3.63) is 58.7 Å². The van der Waals surface area contributed by atoms with Gasteiger partial charge in [-0.25, -0.2) is 10.4 Å². The van der Waals surface area contributed by atoms with Crippen molar-refractivity contribution in [2.75, 3.05) is 44.7 Å². The number of benzene rings is 1. The summed E-state index contributed by atoms with van der Waals surface area (Å²) in [5, 5.41) is 3.74. The molecule has 2 unspecified atom stereocenters. The van der Waals surface area contributed by atoms with Gasteiger partial charge >= 0.3 is 0 Å². The lowest BCUT2D eigenvalue weighted by Crippen LogP contribution is -2.44. The quantitative estimate of drug-likeness (QED) is 0.689. The predicted octanol–water partition coefficient (Wildman–Crippen LogP) is 1.57. The van der Waals surface area contributed by atoms with Crippen LogP contribution in [-0.2, 0) is 11.3 Å². The van der Waals surface area contributed by atoms with Crippen LogP contribution in [0.15, 0.2) is 42.6 Å². The van der Waals surface area contributed by atoms with Crippen molar-refractivity contribution < 1.29 is 4.79 Å². The Hall–Kier alpha value is -2.19. The van der Waals surface area contributed by atoms with E-state index in [4.69, 9.17) is 11.6 Å². The molecule has 3 N–H and O–H groups in total. The molecule has 2 aromatic rings. The van der Waals surface area contributed by atoms with Gasteiger partial charge in [0.15, 0.2) is 0 Å². The second-order valence-electron chi connectivity index (χ2n) is 7.69. The lowest BCUT2D eigenvalue weighted by molar-refractivity contribution is -0.125. The van der Waals surface area contributed by atoms with Gasteiger partial charge in [-0.05, 0) is 36.4 Å². The topological polar surface area (TPSA) is 72.5 Å². The van der Waals surface area contributed by atoms with Crippen molar-refractivity contribution in [1.82, 2.24) is 26.1 Å². The van der Waals surface area contributed by atoms with E-state index in [2.05, 4.69) is 38.0 Å². The van der Waals surface area contributed by atoms with Gasteiger partial charge in [0.25, 0.3) is 0 Å². The Labute approximate surface area is 176 Å². The molecule has 0 saturated carbocycles. The van der Waals surface area contributed by atoms with Crippen LogP contribution < -0.4 is 21.1 Å². The highest BCUT2D eigenvalue weighted by molar-refractivity contribution is 6.30. The van der Waals surface area contributed by atoms with Crippen molar-refractivity contribution in [2.24, 2.45) is 5.92 Å². The van der Waals surface area contributed by atoms with Crippen LogP contribution in [0.1, 0.15) is 17.2 Å². The molecule has 0 aliphatic carbocycles. The summed E-state index contributed by atoms with van der Waals surface area (Å²) in [5.41, 5.74) is 8.33. The van der Waals surface area contributed by atoms with Crippen LogP contribution in [-0.4, -0.2) is 55.6 Å². The first kappa shape index (κ1) is 20.1. The molecule has 2 atom stereocenters. The molecule has 154 valence electrons. The standard InChI is InChI=1S/C21H27ClN6O/c1-27-8-10-28(11-9-27)19-7-2-15(12-23-19)13-24-21(29)18-14-25-26-20(18)16-3-5-17(22)6-4-16/h2-7,12,18,20,25-26H,8-11,13-14H2,1H3,(H,24,29). The molecular weight excluding hydrogens is 388 g/mol. The largest absolute Gasteiger partial charge is 0.354 e. The summed E-state index contributed by atoms with van der Waals surface area (Å²) in [7, 11) is 2.14. The fourth-order valence-corrected chi connectivity index (χ4v) is 3.92. The minimum atomic E-state index is -0.186. The molecule has 0 bridgehead atoms. The van der Waals surface area contributed by atoms with E-state index in [1.165, 1.54) is 0 Å². The molecule has 1 amide bonds. The lowest BCUT2D eigenvalue weighted by atomic mass is 9.94. The highest BCUT2D eigenvalue weighted by Gasteiger charge is 2.33. The van der Waals surface area contributed by atoms with E-state index in [0.717, 1.165) is 43.1 Å². The highest BCUT2D eigenvalue weighted by atomic mass is 35.5. The van der Waals surface area contributed by atoms with Gasteiger partial charge in [-0.1, -0.05) is 29.8 Å². The molecule has 0 spiro atoms. The zero-order chi connectivity index (χ0) is 20.2. The van der Waals surface area contributed by atoms with Gasteiger partial charge < -0.3 is 15.1 Å². The fourth-order valence-electron chi connectivity index (χ4n) is 3.79. The Morgan fingerprint density at radius 2 is 1.93 bits per heavy atom. The first-order valence-corrected chi connectivity index (χ1v) is 10.4. The van der Waals surface area contributed by atoms with E-state index in [-0.39, 0.29) is 17.9 Å². The third kappa shape index (κ3) is 4.87. The monoisotopic (exact) mass is 414 g/mol. The second-order valence-corrected chi connectivity index (χ2v) is 8.13. The summed E-state index contributed by atoms with van der Waals surface area (Å²) in [5.74, 6) is 0.833. The van der Waals surface area contributed by atoms with Gasteiger partial charge in [0.1, 0.15) is 5.82 Å². The number of hydrazine groups is 1. The number of hydrogen-bond acceptors (Lipinski definition) is 6. The summed E-state index contributed by atoms with van der Waals surface area (Å²) >= 11 is 5.98. The Morgan fingerprint density at radius 1 is 1.17 bits per heavy atom. The molecule has 2 fully saturated rings. The van der Waals surface area contributed by atoms with Gasteiger partial charge in [-0.2, -0.15) is 0 Å². The number of piperazine rings is 1. The van der Waals surface area contributed by atoms with Crippen molar-refractivity contribution in [1.29, 1.82) is 0 Å². The van der Waals surface area contributed by atoms with Crippen LogP contribution in [0.2, 0.25) is 5.02 Å². The maximum absolute atomic E-state index is 12.8. The van der Waals surface area contributed by atoms with Gasteiger partial charge in [0.05, 0.1) is 12.0 Å². The SMILES string of the molecule is CN1CCN(c2ccc(CNC(=O)C3CNNC3c3ccc(Cl)cc3)cn2)CC1. The second kappa shape index (κ2) is 9.09. The van der Waals surface area contributed by atoms with Crippen LogP contribution in [0.3, 0.4) is 0 Å². The number of anilines is 1. The highest BCUT2D eigenvalue weighted by Crippen LogP contribution is 2.26. The average Bonchev–Trinajstić information content (AvgIpc) is 3.23. The van der Waals surface area contributed by atoms with Crippen LogP contribution in [0.4, 0.5) is 5.82 Å². The number of aromatic nitrogens is 1. The zero-order valence-electron chi connectivity index (χ0n) is 16.6. The molecule has 8 heteroatoms. The van der Waals surface area contributed by atoms with Crippen molar-refractivity contribution >= 4 is 23.3 Å². The zero-order valence-corrected chi connectivity index (χ0v) is 17.3. The number of rotatable bonds is 5. The summed E-state index contributed by atoms with van der Waals surface area (Å²) in [6, 6.07) is 11.6. The van der Waals surface area contributed by atoms with Crippen molar-refractivity contribution in [3.63, 3.8) is 0 Å². The van der Waals surface area contributed by atoms with Crippen molar-refractivity contribution in [3.8, 4) is 0 Å². The molecule has 2 saturated heterocycles. The summed E-state index contributed by atoms with van der Waals surface area (Å²) in [6.07, 6.45) is 1.86. The van der Waals surface area contributed by atoms with E-state index in [1.807, 2.05) is 42.6 Å². The van der Waals surface area contributed by atoms with Gasteiger partial charge in [0.2, 0.25) is 5.91 Å². The third-order valence-electron chi connectivity index (χ3n) is 5.65. The normalized spacial score (nSPS) is 22.6. The van der Waals surface area contributed by atoms with Crippen LogP contribution in [0, 0.1) is 5.92 Å². The summed E-state index contributed by atoms with van der Waals surface area (Å²) in [4.78, 5) is 22.0. The maximum Gasteiger partial charge on any atom is 0.226 e. The van der Waals surface area contributed by atoms with Crippen molar-refractivity contribution in [2.45, 2.75) is 12.6 Å². The Kier molecular flexibility index (Phi) is 6.30. The van der Waals surface area contributed by atoms with Crippen LogP contribution >= 0.6 is 11.6 Å². The molecule has 29 heavy (non-hydrogen) atoms. The van der Waals surface area contributed by atoms with Gasteiger partial charge in [-0.3, -0.25) is 10.2 Å². The Bertz CT molecular complexity index is 820. The predicted molar refractivity (Wildman–Crippen MR) is 115 cm³/mol. The number of likely N-dealkylation sites (N-methyl/N-ethyl adjacent to an activating group) is 1. The minimum Gasteiger partial charge on any atom is -0.354 e. The van der Waals surface area contributed by atoms with Crippen LogP contribution in [0.25, 0.3) is 0 Å². The fraction of sp³-hybridized carbons (Fsp3) is 0.429. The Balaban J connectivity index is 1.32. The first-order chi connectivity index (χ1) is 14.1. The summed E-state index contributed by atoms with van der Waals surface area (Å²) < 4.78 is 0. The number of carbonyl (C=O) groups excluding carboxylic acids is 1. The van der Waals surface area contributed by atoms with Gasteiger partial charge in [-0.15, -0.1) is 0 Å².